The average molecular weight is 493 g/mol. The van der Waals surface area contributed by atoms with Crippen molar-refractivity contribution in [2.75, 3.05) is 18.1 Å². The highest BCUT2D eigenvalue weighted by atomic mass is 35.5. The Morgan fingerprint density at radius 3 is 2.16 bits per heavy atom. The molecule has 0 radical (unpaired) electrons. The summed E-state index contributed by atoms with van der Waals surface area (Å²) in [5.74, 6) is 0.632. The molecule has 1 N–H and O–H groups in total. The lowest BCUT2D eigenvalue weighted by Gasteiger charge is -2.11. The lowest BCUT2D eigenvalue weighted by atomic mass is 10.00. The summed E-state index contributed by atoms with van der Waals surface area (Å²) in [6.45, 7) is 7.95. The average Bonchev–Trinajstić information content (AvgIpc) is 2.83. The van der Waals surface area contributed by atoms with Gasteiger partial charge >= 0.3 is 0 Å². The van der Waals surface area contributed by atoms with E-state index >= 15 is 0 Å². The van der Waals surface area contributed by atoms with Crippen LogP contribution in [0.4, 0.5) is 5.69 Å². The van der Waals surface area contributed by atoms with Crippen LogP contribution in [0.15, 0.2) is 65.6 Å². The fourth-order valence-corrected chi connectivity index (χ4v) is 3.98. The fraction of sp³-hybridized carbons (Fsp3) is 0.269. The van der Waals surface area contributed by atoms with Crippen LogP contribution in [0.3, 0.4) is 0 Å². The third-order valence-electron chi connectivity index (χ3n) is 4.51. The summed E-state index contributed by atoms with van der Waals surface area (Å²) in [7, 11) is 1.01. The summed E-state index contributed by atoms with van der Waals surface area (Å²) in [6.07, 6.45) is 1.30. The number of anilines is 1. The van der Waals surface area contributed by atoms with Gasteiger partial charge in [-0.3, -0.25) is 4.21 Å². The highest BCUT2D eigenvalue weighted by molar-refractivity contribution is 7.85. The molecule has 0 fully saturated rings. The van der Waals surface area contributed by atoms with E-state index in [4.69, 9.17) is 23.2 Å². The van der Waals surface area contributed by atoms with Crippen LogP contribution in [-0.4, -0.2) is 23.3 Å². The first-order valence-electron chi connectivity index (χ1n) is 10.5. The molecule has 0 amide bonds. The molecule has 0 heterocycles. The molecule has 32 heavy (non-hydrogen) atoms. The first kappa shape index (κ1) is 27.9. The van der Waals surface area contributed by atoms with Gasteiger partial charge < -0.3 is 10.1 Å². The number of aldehydes is 1. The SMILES string of the molecule is CC.CCS(=O)c1ccc(CC=O)cc1.CNc1ccc(C)c(-c2cc(Cl)ccc2Cl)c1. The standard InChI is InChI=1S/C14H13Cl2N.C10H12O2S.C2H6/c1-9-3-5-11(17-2)8-12(9)13-7-10(15)4-6-14(13)16;1-2-13(12)10-5-3-9(4-6-10)7-8-11;1-2/h3-8,17H,1-2H3;3-6,8H,2,7H2,1H3;1-2H3. The van der Waals surface area contributed by atoms with Gasteiger partial charge in [-0.2, -0.15) is 0 Å². The van der Waals surface area contributed by atoms with Crippen molar-refractivity contribution in [2.24, 2.45) is 0 Å². The highest BCUT2D eigenvalue weighted by Crippen LogP contribution is 2.34. The van der Waals surface area contributed by atoms with Crippen LogP contribution in [0.25, 0.3) is 11.1 Å². The summed E-state index contributed by atoms with van der Waals surface area (Å²) >= 11 is 12.2. The Balaban J connectivity index is 0.000000307. The van der Waals surface area contributed by atoms with Crippen LogP contribution < -0.4 is 5.32 Å². The van der Waals surface area contributed by atoms with E-state index in [1.807, 2.05) is 70.3 Å². The number of aryl methyl sites for hydroxylation is 1. The molecule has 0 saturated carbocycles. The Kier molecular flexibility index (Phi) is 12.9. The molecular formula is C26H31Cl2NO2S. The number of benzene rings is 3. The second-order valence-corrected chi connectivity index (χ2v) is 9.14. The highest BCUT2D eigenvalue weighted by Gasteiger charge is 2.08. The summed E-state index contributed by atoms with van der Waals surface area (Å²) in [6, 6.07) is 19.0. The van der Waals surface area contributed by atoms with E-state index in [0.29, 0.717) is 22.2 Å². The molecule has 0 aliphatic rings. The molecule has 3 aromatic rings. The Morgan fingerprint density at radius 1 is 0.938 bits per heavy atom. The zero-order valence-electron chi connectivity index (χ0n) is 19.2. The molecule has 0 aliphatic carbocycles. The third-order valence-corrected chi connectivity index (χ3v) is 6.40. The van der Waals surface area contributed by atoms with Gasteiger partial charge in [-0.15, -0.1) is 0 Å². The molecular weight excluding hydrogens is 461 g/mol. The maximum Gasteiger partial charge on any atom is 0.124 e. The normalized spacial score (nSPS) is 10.7. The largest absolute Gasteiger partial charge is 0.388 e. The maximum absolute atomic E-state index is 11.3. The molecule has 0 bridgehead atoms. The number of hydrogen-bond acceptors (Lipinski definition) is 3. The van der Waals surface area contributed by atoms with Gasteiger partial charge in [0.1, 0.15) is 6.29 Å². The third kappa shape index (κ3) is 8.42. The lowest BCUT2D eigenvalue weighted by molar-refractivity contribution is -0.107. The number of nitrogens with one attached hydrogen (secondary N) is 1. The van der Waals surface area contributed by atoms with E-state index in [2.05, 4.69) is 24.4 Å². The number of rotatable bonds is 6. The molecule has 3 aromatic carbocycles. The van der Waals surface area contributed by atoms with Crippen LogP contribution in [0.2, 0.25) is 10.0 Å². The van der Waals surface area contributed by atoms with Crippen LogP contribution in [-0.2, 0) is 22.0 Å². The predicted octanol–water partition coefficient (Wildman–Crippen LogP) is 7.59. The van der Waals surface area contributed by atoms with Crippen molar-refractivity contribution in [3.05, 3.63) is 81.8 Å². The van der Waals surface area contributed by atoms with Crippen LogP contribution in [0.5, 0.6) is 0 Å². The van der Waals surface area contributed by atoms with Crippen molar-refractivity contribution in [3.63, 3.8) is 0 Å². The van der Waals surface area contributed by atoms with Gasteiger partial charge in [0.25, 0.3) is 0 Å². The van der Waals surface area contributed by atoms with Crippen LogP contribution in [0, 0.1) is 6.92 Å². The van der Waals surface area contributed by atoms with E-state index in [9.17, 15) is 9.00 Å². The maximum atomic E-state index is 11.3. The first-order chi connectivity index (χ1) is 15.4. The summed E-state index contributed by atoms with van der Waals surface area (Å²) in [4.78, 5) is 11.0. The van der Waals surface area contributed by atoms with Crippen molar-refractivity contribution in [1.29, 1.82) is 0 Å². The molecule has 3 rings (SSSR count). The van der Waals surface area contributed by atoms with Gasteiger partial charge in [0.2, 0.25) is 0 Å². The van der Waals surface area contributed by atoms with E-state index in [1.54, 1.807) is 6.07 Å². The minimum absolute atomic E-state index is 0.430. The lowest BCUT2D eigenvalue weighted by Crippen LogP contribution is -1.94. The molecule has 1 atom stereocenters. The van der Waals surface area contributed by atoms with Gasteiger partial charge in [0.05, 0.1) is 10.8 Å². The molecule has 172 valence electrons. The molecule has 0 aliphatic heterocycles. The van der Waals surface area contributed by atoms with Crippen molar-refractivity contribution < 1.29 is 9.00 Å². The Hall–Kier alpha value is -2.14. The van der Waals surface area contributed by atoms with Crippen LogP contribution >= 0.6 is 23.2 Å². The number of hydrogen-bond donors (Lipinski definition) is 1. The Morgan fingerprint density at radius 2 is 1.59 bits per heavy atom. The number of carbonyl (C=O) groups excluding carboxylic acids is 1. The molecule has 0 saturated heterocycles. The van der Waals surface area contributed by atoms with Gasteiger partial charge in [-0.1, -0.05) is 62.2 Å². The van der Waals surface area contributed by atoms with Crippen molar-refractivity contribution in [1.82, 2.24) is 0 Å². The number of halogens is 2. The second-order valence-electron chi connectivity index (χ2n) is 6.55. The second kappa shape index (κ2) is 14.8. The summed E-state index contributed by atoms with van der Waals surface area (Å²) in [5, 5.41) is 4.53. The van der Waals surface area contributed by atoms with E-state index in [1.165, 1.54) is 5.56 Å². The fourth-order valence-electron chi connectivity index (χ4n) is 2.81. The van der Waals surface area contributed by atoms with Crippen molar-refractivity contribution in [2.45, 2.75) is 39.0 Å². The Bertz CT molecular complexity index is 1020. The van der Waals surface area contributed by atoms with E-state index in [0.717, 1.165) is 33.6 Å². The zero-order chi connectivity index (χ0) is 24.1. The topological polar surface area (TPSA) is 46.2 Å². The van der Waals surface area contributed by atoms with Gasteiger partial charge in [0.15, 0.2) is 0 Å². The zero-order valence-corrected chi connectivity index (χ0v) is 21.6. The monoisotopic (exact) mass is 491 g/mol. The molecule has 0 aromatic heterocycles. The van der Waals surface area contributed by atoms with E-state index < -0.39 is 10.8 Å². The number of carbonyl (C=O) groups is 1. The predicted molar refractivity (Wildman–Crippen MR) is 141 cm³/mol. The minimum atomic E-state index is -0.891. The van der Waals surface area contributed by atoms with Crippen molar-refractivity contribution >= 4 is 46.0 Å². The molecule has 3 nitrogen and oxygen atoms in total. The summed E-state index contributed by atoms with van der Waals surface area (Å²) in [5.41, 5.74) is 5.26. The minimum Gasteiger partial charge on any atom is -0.388 e. The molecule has 0 spiro atoms. The summed E-state index contributed by atoms with van der Waals surface area (Å²) < 4.78 is 11.3. The molecule has 1 unspecified atom stereocenters. The smallest absolute Gasteiger partial charge is 0.124 e. The van der Waals surface area contributed by atoms with Gasteiger partial charge in [-0.05, 0) is 66.1 Å². The Labute approximate surface area is 204 Å². The first-order valence-corrected chi connectivity index (χ1v) is 12.6. The molecule has 6 heteroatoms. The van der Waals surface area contributed by atoms with Crippen molar-refractivity contribution in [3.8, 4) is 11.1 Å². The van der Waals surface area contributed by atoms with Gasteiger partial charge in [-0.25, -0.2) is 0 Å². The quantitative estimate of drug-likeness (QED) is 0.361. The van der Waals surface area contributed by atoms with Crippen LogP contribution in [0.1, 0.15) is 31.9 Å². The van der Waals surface area contributed by atoms with Gasteiger partial charge in [0, 0.05) is 45.4 Å². The van der Waals surface area contributed by atoms with E-state index in [-0.39, 0.29) is 0 Å².